The summed E-state index contributed by atoms with van der Waals surface area (Å²) in [5.41, 5.74) is 1.84. The van der Waals surface area contributed by atoms with Crippen LogP contribution < -0.4 is 0 Å². The second kappa shape index (κ2) is 4.69. The molecular weight excluding hydrogens is 325 g/mol. The lowest BCUT2D eigenvalue weighted by Crippen LogP contribution is -1.96. The number of rotatable bonds is 1. The van der Waals surface area contributed by atoms with Gasteiger partial charge >= 0.3 is 0 Å². The molecule has 1 heterocycles. The van der Waals surface area contributed by atoms with Crippen molar-refractivity contribution in [2.45, 2.75) is 0 Å². The minimum absolute atomic E-state index is 0.264. The van der Waals surface area contributed by atoms with Crippen LogP contribution in [-0.2, 0) is 7.05 Å². The highest BCUT2D eigenvalue weighted by Crippen LogP contribution is 2.36. The van der Waals surface area contributed by atoms with Gasteiger partial charge in [-0.2, -0.15) is 10.4 Å². The average molecular weight is 331 g/mol. The Labute approximate surface area is 117 Å². The Morgan fingerprint density at radius 2 is 2.12 bits per heavy atom. The van der Waals surface area contributed by atoms with Crippen molar-refractivity contribution in [3.8, 4) is 17.3 Å². The van der Waals surface area contributed by atoms with Crippen LogP contribution in [0, 0.1) is 11.3 Å². The third kappa shape index (κ3) is 2.06. The summed E-state index contributed by atoms with van der Waals surface area (Å²) in [5.74, 6) is 0. The number of halogens is 3. The van der Waals surface area contributed by atoms with Gasteiger partial charge in [-0.25, -0.2) is 0 Å². The van der Waals surface area contributed by atoms with Crippen molar-refractivity contribution in [3.63, 3.8) is 0 Å². The van der Waals surface area contributed by atoms with Crippen molar-refractivity contribution in [3.05, 3.63) is 38.4 Å². The van der Waals surface area contributed by atoms with Gasteiger partial charge in [0.2, 0.25) is 0 Å². The molecule has 3 nitrogen and oxygen atoms in total. The molecule has 2 rings (SSSR count). The van der Waals surface area contributed by atoms with E-state index in [2.05, 4.69) is 27.1 Å². The molecule has 0 radical (unpaired) electrons. The van der Waals surface area contributed by atoms with Gasteiger partial charge in [0.15, 0.2) is 0 Å². The zero-order chi connectivity index (χ0) is 12.6. The Kier molecular flexibility index (Phi) is 3.43. The molecule has 0 unspecified atom stereocenters. The van der Waals surface area contributed by atoms with Crippen molar-refractivity contribution in [1.29, 1.82) is 5.26 Å². The van der Waals surface area contributed by atoms with E-state index in [4.69, 9.17) is 28.5 Å². The first-order chi connectivity index (χ1) is 8.06. The van der Waals surface area contributed by atoms with Gasteiger partial charge < -0.3 is 0 Å². The Morgan fingerprint density at radius 3 is 2.65 bits per heavy atom. The van der Waals surface area contributed by atoms with E-state index in [0.717, 1.165) is 10.2 Å². The molecule has 0 aliphatic rings. The first-order valence-corrected chi connectivity index (χ1v) is 6.17. The first kappa shape index (κ1) is 12.4. The van der Waals surface area contributed by atoms with Gasteiger partial charge in [-0.3, -0.25) is 4.68 Å². The van der Waals surface area contributed by atoms with E-state index in [9.17, 15) is 0 Å². The lowest BCUT2D eigenvalue weighted by molar-refractivity contribution is 0.775. The summed E-state index contributed by atoms with van der Waals surface area (Å²) in [6, 6.07) is 5.49. The number of hydrogen-bond acceptors (Lipinski definition) is 2. The quantitative estimate of drug-likeness (QED) is 0.792. The van der Waals surface area contributed by atoms with Crippen LogP contribution in [0.2, 0.25) is 10.0 Å². The fraction of sp³-hybridized carbons (Fsp3) is 0.0909. The minimum atomic E-state index is 0.264. The average Bonchev–Trinajstić information content (AvgIpc) is 2.63. The highest BCUT2D eigenvalue weighted by molar-refractivity contribution is 9.10. The second-order valence-corrected chi connectivity index (χ2v) is 5.00. The van der Waals surface area contributed by atoms with Crippen molar-refractivity contribution >= 4 is 39.1 Å². The van der Waals surface area contributed by atoms with E-state index in [-0.39, 0.29) is 5.02 Å². The molecule has 1 aromatic heterocycles. The summed E-state index contributed by atoms with van der Waals surface area (Å²) < 4.78 is 2.47. The molecule has 0 aliphatic carbocycles. The van der Waals surface area contributed by atoms with Gasteiger partial charge in [0.05, 0.1) is 32.0 Å². The van der Waals surface area contributed by atoms with E-state index >= 15 is 0 Å². The van der Waals surface area contributed by atoms with Crippen LogP contribution in [0.25, 0.3) is 11.3 Å². The maximum atomic E-state index is 9.17. The summed E-state index contributed by atoms with van der Waals surface area (Å²) in [7, 11) is 1.80. The molecule has 0 N–H and O–H groups in total. The van der Waals surface area contributed by atoms with Crippen LogP contribution >= 0.6 is 39.1 Å². The molecule has 86 valence electrons. The standard InChI is InChI=1S/C11H6BrCl2N3/c1-17-11(8(12)5-16-17)6-2-3-9(13)10(14)7(6)4-15/h2-3,5H,1H3. The first-order valence-electron chi connectivity index (χ1n) is 4.62. The fourth-order valence-corrected chi connectivity index (χ4v) is 2.50. The molecule has 6 heteroatoms. The van der Waals surface area contributed by atoms with Gasteiger partial charge in [-0.15, -0.1) is 0 Å². The van der Waals surface area contributed by atoms with Crippen LogP contribution in [0.3, 0.4) is 0 Å². The number of nitrogens with zero attached hydrogens (tertiary/aromatic N) is 3. The number of aryl methyl sites for hydroxylation is 1. The molecule has 0 aliphatic heterocycles. The fourth-order valence-electron chi connectivity index (χ4n) is 1.57. The van der Waals surface area contributed by atoms with Gasteiger partial charge in [0, 0.05) is 12.6 Å². The molecule has 0 bridgehead atoms. The van der Waals surface area contributed by atoms with Crippen molar-refractivity contribution < 1.29 is 0 Å². The Balaban J connectivity index is 2.78. The molecular formula is C11H6BrCl2N3. The van der Waals surface area contributed by atoms with Crippen molar-refractivity contribution in [2.75, 3.05) is 0 Å². The summed E-state index contributed by atoms with van der Waals surface area (Å²) in [4.78, 5) is 0. The number of aromatic nitrogens is 2. The summed E-state index contributed by atoms with van der Waals surface area (Å²) in [6.45, 7) is 0. The molecule has 0 atom stereocenters. The lowest BCUT2D eigenvalue weighted by atomic mass is 10.1. The maximum absolute atomic E-state index is 9.17. The normalized spacial score (nSPS) is 10.3. The van der Waals surface area contributed by atoms with E-state index in [0.29, 0.717) is 16.1 Å². The second-order valence-electron chi connectivity index (χ2n) is 3.36. The molecule has 0 saturated carbocycles. The topological polar surface area (TPSA) is 41.6 Å². The SMILES string of the molecule is Cn1ncc(Br)c1-c1ccc(Cl)c(Cl)c1C#N. The van der Waals surface area contributed by atoms with Crippen LogP contribution in [0.1, 0.15) is 5.56 Å². The predicted octanol–water partition coefficient (Wildman–Crippen LogP) is 4.03. The highest BCUT2D eigenvalue weighted by atomic mass is 79.9. The van der Waals surface area contributed by atoms with Gasteiger partial charge in [-0.1, -0.05) is 23.2 Å². The van der Waals surface area contributed by atoms with E-state index in [1.807, 2.05) is 0 Å². The van der Waals surface area contributed by atoms with Crippen molar-refractivity contribution in [1.82, 2.24) is 9.78 Å². The summed E-state index contributed by atoms with van der Waals surface area (Å²) in [6.07, 6.45) is 1.67. The van der Waals surface area contributed by atoms with Gasteiger partial charge in [0.1, 0.15) is 6.07 Å². The van der Waals surface area contributed by atoms with E-state index < -0.39 is 0 Å². The molecule has 2 aromatic rings. The molecule has 0 fully saturated rings. The summed E-state index contributed by atoms with van der Waals surface area (Å²) >= 11 is 15.3. The smallest absolute Gasteiger partial charge is 0.101 e. The Morgan fingerprint density at radius 1 is 1.41 bits per heavy atom. The van der Waals surface area contributed by atoms with Crippen LogP contribution in [0.4, 0.5) is 0 Å². The number of benzene rings is 1. The van der Waals surface area contributed by atoms with E-state index in [1.54, 1.807) is 30.1 Å². The van der Waals surface area contributed by atoms with E-state index in [1.165, 1.54) is 0 Å². The predicted molar refractivity (Wildman–Crippen MR) is 71.1 cm³/mol. The number of nitriles is 1. The highest BCUT2D eigenvalue weighted by Gasteiger charge is 2.17. The zero-order valence-electron chi connectivity index (χ0n) is 8.71. The summed E-state index contributed by atoms with van der Waals surface area (Å²) in [5, 5.41) is 13.9. The molecule has 0 amide bonds. The van der Waals surface area contributed by atoms with Crippen molar-refractivity contribution in [2.24, 2.45) is 7.05 Å². The molecule has 0 spiro atoms. The Bertz CT molecular complexity index is 609. The van der Waals surface area contributed by atoms with Crippen LogP contribution in [0.5, 0.6) is 0 Å². The van der Waals surface area contributed by atoms with Gasteiger partial charge in [-0.05, 0) is 28.1 Å². The van der Waals surface area contributed by atoms with Crippen LogP contribution in [-0.4, -0.2) is 9.78 Å². The van der Waals surface area contributed by atoms with Crippen LogP contribution in [0.15, 0.2) is 22.8 Å². The largest absolute Gasteiger partial charge is 0.267 e. The molecule has 17 heavy (non-hydrogen) atoms. The van der Waals surface area contributed by atoms with Gasteiger partial charge in [0.25, 0.3) is 0 Å². The maximum Gasteiger partial charge on any atom is 0.101 e. The molecule has 0 saturated heterocycles. The Hall–Kier alpha value is -1.02. The minimum Gasteiger partial charge on any atom is -0.267 e. The lowest BCUT2D eigenvalue weighted by Gasteiger charge is -2.08. The monoisotopic (exact) mass is 329 g/mol. The third-order valence-corrected chi connectivity index (χ3v) is 3.74. The number of hydrogen-bond donors (Lipinski definition) is 0. The molecule has 1 aromatic carbocycles. The zero-order valence-corrected chi connectivity index (χ0v) is 11.8. The third-order valence-electron chi connectivity index (χ3n) is 2.36.